The number of hydrogen-bond donors (Lipinski definition) is 0. The van der Waals surface area contributed by atoms with Crippen LogP contribution in [-0.2, 0) is 6.42 Å². The first-order chi connectivity index (χ1) is 24.2. The number of aromatic nitrogens is 3. The standard InChI is InChI=1S/C40H33N3.3C2H6/c1-3-13-28(4-2)36-27-37(42-40(41-36)30-14-6-5-7-15-30)32-17-12-16-31(26-32)29-22-24-33(25-23-29)43-38-20-10-8-18-34(38)35-19-9-11-21-39(35)43;3*1-2/h3-8,10-18,20-27H,9,19H2,1-2H3;3*1-2H3/b13-3-,28-4+;;;. The van der Waals surface area contributed by atoms with Gasteiger partial charge in [-0.1, -0.05) is 145 Å². The molecule has 250 valence electrons. The highest BCUT2D eigenvalue weighted by molar-refractivity contribution is 5.91. The fourth-order valence-electron chi connectivity index (χ4n) is 6.09. The van der Waals surface area contributed by atoms with Crippen molar-refractivity contribution in [1.82, 2.24) is 14.5 Å². The molecule has 6 aromatic rings. The van der Waals surface area contributed by atoms with Crippen LogP contribution in [0.3, 0.4) is 0 Å². The van der Waals surface area contributed by atoms with Crippen LogP contribution in [0.2, 0.25) is 0 Å². The minimum atomic E-state index is 0.725. The Labute approximate surface area is 294 Å². The largest absolute Gasteiger partial charge is 0.310 e. The van der Waals surface area contributed by atoms with Gasteiger partial charge in [-0.05, 0) is 85.4 Å². The van der Waals surface area contributed by atoms with Crippen LogP contribution < -0.4 is 0 Å². The number of hydrogen-bond acceptors (Lipinski definition) is 2. The highest BCUT2D eigenvalue weighted by Crippen LogP contribution is 2.35. The first-order valence-electron chi connectivity index (χ1n) is 18.0. The molecule has 3 nitrogen and oxygen atoms in total. The van der Waals surface area contributed by atoms with E-state index in [9.17, 15) is 0 Å². The van der Waals surface area contributed by atoms with Crippen molar-refractivity contribution in [3.05, 3.63) is 150 Å². The summed E-state index contributed by atoms with van der Waals surface area (Å²) >= 11 is 0. The Bertz CT molecular complexity index is 2020. The van der Waals surface area contributed by atoms with Gasteiger partial charge in [-0.2, -0.15) is 0 Å². The molecule has 2 heterocycles. The van der Waals surface area contributed by atoms with E-state index in [1.165, 1.54) is 33.4 Å². The third kappa shape index (κ3) is 8.06. The Hall–Kier alpha value is -5.28. The molecule has 4 aromatic carbocycles. The quantitative estimate of drug-likeness (QED) is 0.169. The van der Waals surface area contributed by atoms with Gasteiger partial charge in [0.2, 0.25) is 0 Å². The highest BCUT2D eigenvalue weighted by atomic mass is 15.0. The molecule has 2 aromatic heterocycles. The van der Waals surface area contributed by atoms with Crippen LogP contribution in [0.25, 0.3) is 62.0 Å². The molecule has 49 heavy (non-hydrogen) atoms. The lowest BCUT2D eigenvalue weighted by molar-refractivity contribution is 0.967. The number of para-hydroxylation sites is 1. The maximum atomic E-state index is 5.03. The number of benzene rings is 4. The van der Waals surface area contributed by atoms with Gasteiger partial charge in [0, 0.05) is 27.9 Å². The summed E-state index contributed by atoms with van der Waals surface area (Å²) in [4.78, 5) is 9.98. The molecule has 3 heteroatoms. The first kappa shape index (κ1) is 36.6. The molecule has 0 fully saturated rings. The molecular weight excluding hydrogens is 595 g/mol. The average molecular weight is 646 g/mol. The molecule has 1 aliphatic carbocycles. The molecule has 0 N–H and O–H groups in total. The summed E-state index contributed by atoms with van der Waals surface area (Å²) in [6.45, 7) is 16.1. The minimum Gasteiger partial charge on any atom is -0.310 e. The van der Waals surface area contributed by atoms with Crippen LogP contribution in [0.15, 0.2) is 133 Å². The maximum absolute atomic E-state index is 5.03. The van der Waals surface area contributed by atoms with Crippen molar-refractivity contribution >= 4 is 22.6 Å². The molecule has 1 aliphatic rings. The van der Waals surface area contributed by atoms with Gasteiger partial charge in [-0.3, -0.25) is 0 Å². The van der Waals surface area contributed by atoms with Gasteiger partial charge in [-0.25, -0.2) is 9.97 Å². The van der Waals surface area contributed by atoms with E-state index in [-0.39, 0.29) is 0 Å². The maximum Gasteiger partial charge on any atom is 0.160 e. The molecule has 0 saturated heterocycles. The van der Waals surface area contributed by atoms with Crippen LogP contribution in [0, 0.1) is 0 Å². The van der Waals surface area contributed by atoms with Gasteiger partial charge in [-0.15, -0.1) is 0 Å². The Morgan fingerprint density at radius 3 is 2.04 bits per heavy atom. The molecule has 0 amide bonds. The van der Waals surface area contributed by atoms with E-state index in [4.69, 9.17) is 9.97 Å². The second-order valence-electron chi connectivity index (χ2n) is 10.9. The molecule has 0 radical (unpaired) electrons. The van der Waals surface area contributed by atoms with E-state index in [0.717, 1.165) is 52.3 Å². The lowest BCUT2D eigenvalue weighted by Gasteiger charge is -2.13. The van der Waals surface area contributed by atoms with Crippen molar-refractivity contribution in [2.45, 2.75) is 68.2 Å². The van der Waals surface area contributed by atoms with Gasteiger partial charge in [0.15, 0.2) is 5.82 Å². The fourth-order valence-corrected chi connectivity index (χ4v) is 6.09. The number of rotatable bonds is 6. The summed E-state index contributed by atoms with van der Waals surface area (Å²) in [5, 5.41) is 1.35. The zero-order chi connectivity index (χ0) is 35.2. The van der Waals surface area contributed by atoms with E-state index >= 15 is 0 Å². The van der Waals surface area contributed by atoms with Crippen molar-refractivity contribution < 1.29 is 0 Å². The summed E-state index contributed by atoms with van der Waals surface area (Å²) in [6.07, 6.45) is 13.0. The number of aryl methyl sites for hydroxylation is 1. The lowest BCUT2D eigenvalue weighted by atomic mass is 10.00. The van der Waals surface area contributed by atoms with Gasteiger partial charge in [0.1, 0.15) is 0 Å². The molecule has 0 atom stereocenters. The number of nitrogens with zero attached hydrogens (tertiary/aromatic N) is 3. The van der Waals surface area contributed by atoms with Crippen LogP contribution >= 0.6 is 0 Å². The molecule has 0 saturated carbocycles. The smallest absolute Gasteiger partial charge is 0.160 e. The van der Waals surface area contributed by atoms with Gasteiger partial charge in [0.05, 0.1) is 16.9 Å². The molecule has 0 bridgehead atoms. The van der Waals surface area contributed by atoms with Crippen molar-refractivity contribution in [3.63, 3.8) is 0 Å². The molecule has 0 spiro atoms. The normalized spacial score (nSPS) is 11.9. The highest BCUT2D eigenvalue weighted by Gasteiger charge is 2.18. The van der Waals surface area contributed by atoms with E-state index in [0.29, 0.717) is 0 Å². The molecule has 0 unspecified atom stereocenters. The van der Waals surface area contributed by atoms with E-state index in [2.05, 4.69) is 120 Å². The summed E-state index contributed by atoms with van der Waals surface area (Å²) in [6, 6.07) is 38.6. The molecule has 7 rings (SSSR count). The van der Waals surface area contributed by atoms with Crippen molar-refractivity contribution in [1.29, 1.82) is 0 Å². The molecular formula is C46H51N3. The van der Waals surface area contributed by atoms with E-state index < -0.39 is 0 Å². The van der Waals surface area contributed by atoms with Gasteiger partial charge < -0.3 is 4.57 Å². The Kier molecular flexibility index (Phi) is 13.7. The van der Waals surface area contributed by atoms with Crippen LogP contribution in [0.1, 0.15) is 78.8 Å². The topological polar surface area (TPSA) is 30.7 Å². The zero-order valence-corrected chi connectivity index (χ0v) is 30.5. The van der Waals surface area contributed by atoms with Crippen molar-refractivity contribution in [2.75, 3.05) is 0 Å². The Morgan fingerprint density at radius 2 is 1.33 bits per heavy atom. The predicted molar refractivity (Wildman–Crippen MR) is 215 cm³/mol. The van der Waals surface area contributed by atoms with Crippen LogP contribution in [-0.4, -0.2) is 14.5 Å². The average Bonchev–Trinajstić information content (AvgIpc) is 3.54. The number of fused-ring (bicyclic) bond motifs is 3. The number of allylic oxidation sites excluding steroid dienone is 5. The third-order valence-electron chi connectivity index (χ3n) is 8.19. The second kappa shape index (κ2) is 18.3. The molecule has 0 aliphatic heterocycles. The van der Waals surface area contributed by atoms with Crippen molar-refractivity contribution in [2.24, 2.45) is 0 Å². The summed E-state index contributed by atoms with van der Waals surface area (Å²) in [7, 11) is 0. The predicted octanol–water partition coefficient (Wildman–Crippen LogP) is 13.4. The monoisotopic (exact) mass is 645 g/mol. The Morgan fingerprint density at radius 1 is 0.653 bits per heavy atom. The third-order valence-corrected chi connectivity index (χ3v) is 8.19. The van der Waals surface area contributed by atoms with E-state index in [1.54, 1.807) is 0 Å². The second-order valence-corrected chi connectivity index (χ2v) is 10.9. The summed E-state index contributed by atoms with van der Waals surface area (Å²) in [5.74, 6) is 0.725. The van der Waals surface area contributed by atoms with Crippen LogP contribution in [0.4, 0.5) is 0 Å². The van der Waals surface area contributed by atoms with Crippen LogP contribution in [0.5, 0.6) is 0 Å². The Balaban J connectivity index is 0.000000856. The van der Waals surface area contributed by atoms with Gasteiger partial charge >= 0.3 is 0 Å². The summed E-state index contributed by atoms with van der Waals surface area (Å²) in [5.41, 5.74) is 12.5. The zero-order valence-electron chi connectivity index (χ0n) is 30.5. The minimum absolute atomic E-state index is 0.725. The lowest BCUT2D eigenvalue weighted by Crippen LogP contribution is -2.00. The summed E-state index contributed by atoms with van der Waals surface area (Å²) < 4.78 is 2.40. The van der Waals surface area contributed by atoms with Crippen molar-refractivity contribution in [3.8, 4) is 39.5 Å². The first-order valence-corrected chi connectivity index (χ1v) is 18.0. The van der Waals surface area contributed by atoms with Gasteiger partial charge in [0.25, 0.3) is 0 Å². The van der Waals surface area contributed by atoms with E-state index in [1.807, 2.05) is 79.7 Å². The SMILES string of the molecule is C/C=C\C(=C/C)c1cc(-c2cccc(-c3ccc(-n4c5c(c6ccccc64)CCC=C5)cc3)c2)nc(-c2ccccc2)n1.CC.CC.CC. The fraction of sp³-hybridized carbons (Fsp3) is 0.217.